The van der Waals surface area contributed by atoms with Gasteiger partial charge in [0.05, 0.1) is 16.7 Å². The highest BCUT2D eigenvalue weighted by atomic mass is 32.2. The molecule has 120 valence electrons. The van der Waals surface area contributed by atoms with Crippen LogP contribution in [0.1, 0.15) is 18.2 Å². The number of hydrogen-bond donors (Lipinski definition) is 1. The van der Waals surface area contributed by atoms with Crippen LogP contribution in [0, 0.1) is 6.92 Å². The van der Waals surface area contributed by atoms with Gasteiger partial charge < -0.3 is 14.5 Å². The summed E-state index contributed by atoms with van der Waals surface area (Å²) in [7, 11) is 1.62. The van der Waals surface area contributed by atoms with Crippen molar-refractivity contribution in [2.75, 3.05) is 7.11 Å². The van der Waals surface area contributed by atoms with Crippen molar-refractivity contribution >= 4 is 22.8 Å². The van der Waals surface area contributed by atoms with E-state index in [-0.39, 0.29) is 6.29 Å². The standard InChI is InChI=1S/C17H19N3O2S/c1-11-15(18-9-8-16(11)22-12(2)21-3)10-23-17-19-13-6-4-5-7-14(13)20-17/h4-9,12H,10H2,1-3H3,(H,19,20). The molecule has 23 heavy (non-hydrogen) atoms. The Hall–Kier alpha value is -2.05. The van der Waals surface area contributed by atoms with Gasteiger partial charge in [-0.25, -0.2) is 4.98 Å². The Morgan fingerprint density at radius 2 is 2.09 bits per heavy atom. The number of methoxy groups -OCH3 is 1. The molecule has 0 aliphatic rings. The monoisotopic (exact) mass is 329 g/mol. The minimum absolute atomic E-state index is 0.285. The Morgan fingerprint density at radius 3 is 2.87 bits per heavy atom. The number of imidazole rings is 1. The number of fused-ring (bicyclic) bond motifs is 1. The molecule has 0 bridgehead atoms. The number of H-pyrrole nitrogens is 1. The van der Waals surface area contributed by atoms with Gasteiger partial charge in [0.1, 0.15) is 5.75 Å². The van der Waals surface area contributed by atoms with Crippen LogP contribution in [0.2, 0.25) is 0 Å². The summed E-state index contributed by atoms with van der Waals surface area (Å²) in [6, 6.07) is 9.87. The summed E-state index contributed by atoms with van der Waals surface area (Å²) in [6.07, 6.45) is 1.48. The Balaban J connectivity index is 1.73. The number of ether oxygens (including phenoxy) is 2. The van der Waals surface area contributed by atoms with E-state index in [1.807, 2.05) is 44.2 Å². The van der Waals surface area contributed by atoms with Crippen molar-refractivity contribution in [3.63, 3.8) is 0 Å². The fraction of sp³-hybridized carbons (Fsp3) is 0.294. The van der Waals surface area contributed by atoms with Crippen LogP contribution >= 0.6 is 11.8 Å². The maximum absolute atomic E-state index is 5.74. The smallest absolute Gasteiger partial charge is 0.196 e. The lowest BCUT2D eigenvalue weighted by molar-refractivity contribution is -0.0387. The average molecular weight is 329 g/mol. The van der Waals surface area contributed by atoms with Gasteiger partial charge in [-0.05, 0) is 32.0 Å². The summed E-state index contributed by atoms with van der Waals surface area (Å²) in [5.74, 6) is 1.53. The molecule has 0 aliphatic heterocycles. The van der Waals surface area contributed by atoms with Gasteiger partial charge >= 0.3 is 0 Å². The lowest BCUT2D eigenvalue weighted by Crippen LogP contribution is -2.14. The predicted octanol–water partition coefficient (Wildman–Crippen LogP) is 3.93. The zero-order chi connectivity index (χ0) is 16.2. The van der Waals surface area contributed by atoms with Crippen LogP contribution in [0.25, 0.3) is 11.0 Å². The zero-order valence-electron chi connectivity index (χ0n) is 13.4. The van der Waals surface area contributed by atoms with E-state index < -0.39 is 0 Å². The molecule has 0 saturated heterocycles. The lowest BCUT2D eigenvalue weighted by atomic mass is 10.2. The number of nitrogens with zero attached hydrogens (tertiary/aromatic N) is 2. The molecule has 2 heterocycles. The second kappa shape index (κ2) is 7.02. The summed E-state index contributed by atoms with van der Waals surface area (Å²) >= 11 is 1.63. The minimum atomic E-state index is -0.285. The van der Waals surface area contributed by atoms with Crippen molar-refractivity contribution < 1.29 is 9.47 Å². The molecule has 1 atom stereocenters. The maximum Gasteiger partial charge on any atom is 0.196 e. The SMILES string of the molecule is COC(C)Oc1ccnc(CSc2nc3ccccc3[nH]2)c1C. The summed E-state index contributed by atoms with van der Waals surface area (Å²) in [5.41, 5.74) is 4.03. The Morgan fingerprint density at radius 1 is 1.26 bits per heavy atom. The first-order valence-corrected chi connectivity index (χ1v) is 8.37. The molecule has 0 fully saturated rings. The molecule has 2 aromatic heterocycles. The first kappa shape index (κ1) is 15.8. The van der Waals surface area contributed by atoms with Crippen molar-refractivity contribution in [3.05, 3.63) is 47.8 Å². The summed E-state index contributed by atoms with van der Waals surface area (Å²) in [6.45, 7) is 3.88. The van der Waals surface area contributed by atoms with Crippen molar-refractivity contribution in [1.29, 1.82) is 0 Å². The molecule has 1 N–H and O–H groups in total. The molecule has 6 heteroatoms. The number of benzene rings is 1. The van der Waals surface area contributed by atoms with Crippen LogP contribution in [0.15, 0.2) is 41.7 Å². The van der Waals surface area contributed by atoms with Crippen molar-refractivity contribution in [2.24, 2.45) is 0 Å². The number of aromatic amines is 1. The summed E-state index contributed by atoms with van der Waals surface area (Å²) in [5, 5.41) is 0.893. The fourth-order valence-electron chi connectivity index (χ4n) is 2.19. The van der Waals surface area contributed by atoms with Crippen molar-refractivity contribution in [2.45, 2.75) is 31.0 Å². The third-order valence-corrected chi connectivity index (χ3v) is 4.48. The van der Waals surface area contributed by atoms with E-state index in [0.717, 1.165) is 38.9 Å². The molecule has 5 nitrogen and oxygen atoms in total. The molecule has 3 rings (SSSR count). The summed E-state index contributed by atoms with van der Waals surface area (Å²) in [4.78, 5) is 12.3. The molecule has 3 aromatic rings. The maximum atomic E-state index is 5.74. The van der Waals surface area contributed by atoms with E-state index in [2.05, 4.69) is 15.0 Å². The van der Waals surface area contributed by atoms with Gasteiger partial charge in [0.25, 0.3) is 0 Å². The number of rotatable bonds is 6. The molecule has 0 spiro atoms. The predicted molar refractivity (Wildman–Crippen MR) is 91.7 cm³/mol. The molecule has 0 amide bonds. The molecule has 0 saturated carbocycles. The van der Waals surface area contributed by atoms with E-state index in [4.69, 9.17) is 9.47 Å². The first-order valence-electron chi connectivity index (χ1n) is 7.39. The Kier molecular flexibility index (Phi) is 4.83. The van der Waals surface area contributed by atoms with E-state index in [1.54, 1.807) is 25.1 Å². The van der Waals surface area contributed by atoms with Crippen LogP contribution in [-0.4, -0.2) is 28.4 Å². The number of hydrogen-bond acceptors (Lipinski definition) is 5. The fourth-order valence-corrected chi connectivity index (χ4v) is 3.10. The normalized spacial score (nSPS) is 12.5. The van der Waals surface area contributed by atoms with Crippen LogP contribution < -0.4 is 4.74 Å². The highest BCUT2D eigenvalue weighted by Gasteiger charge is 2.11. The van der Waals surface area contributed by atoms with E-state index in [1.165, 1.54) is 0 Å². The van der Waals surface area contributed by atoms with Gasteiger partial charge in [-0.1, -0.05) is 23.9 Å². The van der Waals surface area contributed by atoms with Crippen molar-refractivity contribution in [3.8, 4) is 5.75 Å². The number of para-hydroxylation sites is 2. The van der Waals surface area contributed by atoms with E-state index >= 15 is 0 Å². The first-order chi connectivity index (χ1) is 11.2. The van der Waals surface area contributed by atoms with Gasteiger partial charge in [-0.3, -0.25) is 4.98 Å². The van der Waals surface area contributed by atoms with Crippen LogP contribution in [0.4, 0.5) is 0 Å². The number of nitrogens with one attached hydrogen (secondary N) is 1. The van der Waals surface area contributed by atoms with Gasteiger partial charge in [0.2, 0.25) is 0 Å². The number of aromatic nitrogens is 3. The highest BCUT2D eigenvalue weighted by molar-refractivity contribution is 7.98. The molecular formula is C17H19N3O2S. The second-order valence-electron chi connectivity index (χ2n) is 5.15. The van der Waals surface area contributed by atoms with Crippen molar-refractivity contribution in [1.82, 2.24) is 15.0 Å². The molecular weight excluding hydrogens is 310 g/mol. The molecule has 0 aliphatic carbocycles. The van der Waals surface area contributed by atoms with Crippen LogP contribution in [0.3, 0.4) is 0 Å². The van der Waals surface area contributed by atoms with Crippen LogP contribution in [0.5, 0.6) is 5.75 Å². The quantitative estimate of drug-likeness (QED) is 0.548. The lowest BCUT2D eigenvalue weighted by Gasteiger charge is -2.15. The topological polar surface area (TPSA) is 60.0 Å². The third-order valence-electron chi connectivity index (χ3n) is 3.60. The molecule has 1 aromatic carbocycles. The van der Waals surface area contributed by atoms with Crippen LogP contribution in [-0.2, 0) is 10.5 Å². The molecule has 0 radical (unpaired) electrons. The summed E-state index contributed by atoms with van der Waals surface area (Å²) < 4.78 is 10.9. The van der Waals surface area contributed by atoms with Gasteiger partial charge in [-0.15, -0.1) is 0 Å². The second-order valence-corrected chi connectivity index (χ2v) is 6.11. The Bertz CT molecular complexity index is 770. The Labute approximate surface area is 139 Å². The minimum Gasteiger partial charge on any atom is -0.465 e. The number of thioether (sulfide) groups is 1. The largest absolute Gasteiger partial charge is 0.465 e. The van der Waals surface area contributed by atoms with E-state index in [0.29, 0.717) is 0 Å². The van der Waals surface area contributed by atoms with E-state index in [9.17, 15) is 0 Å². The average Bonchev–Trinajstić information content (AvgIpc) is 2.98. The zero-order valence-corrected chi connectivity index (χ0v) is 14.2. The number of pyridine rings is 1. The van der Waals surface area contributed by atoms with Gasteiger partial charge in [0, 0.05) is 24.6 Å². The third kappa shape index (κ3) is 3.65. The molecule has 1 unspecified atom stereocenters. The highest BCUT2D eigenvalue weighted by Crippen LogP contribution is 2.27. The van der Waals surface area contributed by atoms with Gasteiger partial charge in [0.15, 0.2) is 11.4 Å². The van der Waals surface area contributed by atoms with Gasteiger partial charge in [-0.2, -0.15) is 0 Å².